The molecular formula is C16H17NO. The van der Waals surface area contributed by atoms with Crippen molar-refractivity contribution in [1.29, 1.82) is 0 Å². The first-order valence-corrected chi connectivity index (χ1v) is 6.33. The number of hydrogen-bond donors (Lipinski definition) is 0. The van der Waals surface area contributed by atoms with Crippen LogP contribution in [0.4, 0.5) is 5.69 Å². The Bertz CT molecular complexity index is 550. The van der Waals surface area contributed by atoms with E-state index in [1.807, 2.05) is 12.1 Å². The van der Waals surface area contributed by atoms with Gasteiger partial charge in [-0.05, 0) is 29.7 Å². The van der Waals surface area contributed by atoms with Gasteiger partial charge in [0.1, 0.15) is 5.75 Å². The lowest BCUT2D eigenvalue weighted by atomic mass is 9.99. The van der Waals surface area contributed by atoms with Crippen LogP contribution in [0.5, 0.6) is 5.75 Å². The maximum absolute atomic E-state index is 5.44. The first kappa shape index (κ1) is 11.1. The second-order valence-electron chi connectivity index (χ2n) is 4.61. The molecule has 0 amide bonds. The van der Waals surface area contributed by atoms with Gasteiger partial charge in [-0.15, -0.1) is 0 Å². The van der Waals surface area contributed by atoms with Crippen LogP contribution < -0.4 is 9.64 Å². The summed E-state index contributed by atoms with van der Waals surface area (Å²) in [7, 11) is 1.73. The van der Waals surface area contributed by atoms with Gasteiger partial charge >= 0.3 is 0 Å². The van der Waals surface area contributed by atoms with E-state index in [-0.39, 0.29) is 0 Å². The Hall–Kier alpha value is -1.96. The largest absolute Gasteiger partial charge is 0.495 e. The Balaban J connectivity index is 1.92. The molecule has 1 heterocycles. The summed E-state index contributed by atoms with van der Waals surface area (Å²) in [6, 6.07) is 16.9. The van der Waals surface area contributed by atoms with E-state index < -0.39 is 0 Å². The van der Waals surface area contributed by atoms with Gasteiger partial charge in [0, 0.05) is 13.1 Å². The average molecular weight is 239 g/mol. The summed E-state index contributed by atoms with van der Waals surface area (Å²) in [5.41, 5.74) is 4.09. The number of anilines is 1. The van der Waals surface area contributed by atoms with E-state index in [4.69, 9.17) is 4.74 Å². The standard InChI is InChI=1S/C16H17NO/c1-18-16-9-5-4-8-15(16)17-11-10-13-6-2-3-7-14(13)12-17/h2-9H,10-12H2,1H3. The van der Waals surface area contributed by atoms with Crippen molar-refractivity contribution in [3.05, 3.63) is 59.7 Å². The summed E-state index contributed by atoms with van der Waals surface area (Å²) >= 11 is 0. The molecule has 2 heteroatoms. The molecule has 2 aromatic rings. The number of rotatable bonds is 2. The number of hydrogen-bond acceptors (Lipinski definition) is 2. The molecule has 92 valence electrons. The molecule has 1 aliphatic rings. The Morgan fingerprint density at radius 2 is 1.67 bits per heavy atom. The highest BCUT2D eigenvalue weighted by Gasteiger charge is 2.18. The normalized spacial score (nSPS) is 14.2. The molecule has 0 radical (unpaired) electrons. The molecular weight excluding hydrogens is 222 g/mol. The van der Waals surface area contributed by atoms with Crippen LogP contribution in [-0.4, -0.2) is 13.7 Å². The number of para-hydroxylation sites is 2. The predicted molar refractivity (Wildman–Crippen MR) is 74.2 cm³/mol. The van der Waals surface area contributed by atoms with E-state index in [9.17, 15) is 0 Å². The molecule has 0 spiro atoms. The molecule has 0 saturated heterocycles. The van der Waals surface area contributed by atoms with E-state index >= 15 is 0 Å². The third kappa shape index (κ3) is 1.94. The molecule has 18 heavy (non-hydrogen) atoms. The lowest BCUT2D eigenvalue weighted by Gasteiger charge is -2.31. The van der Waals surface area contributed by atoms with Crippen LogP contribution in [0.3, 0.4) is 0 Å². The van der Waals surface area contributed by atoms with E-state index in [0.29, 0.717) is 0 Å². The van der Waals surface area contributed by atoms with Crippen molar-refractivity contribution in [3.8, 4) is 5.75 Å². The zero-order valence-electron chi connectivity index (χ0n) is 10.6. The summed E-state index contributed by atoms with van der Waals surface area (Å²) in [6.07, 6.45) is 1.11. The number of nitrogens with zero attached hydrogens (tertiary/aromatic N) is 1. The SMILES string of the molecule is COc1ccccc1N1CCc2ccccc2C1. The average Bonchev–Trinajstić information content (AvgIpc) is 2.46. The maximum Gasteiger partial charge on any atom is 0.142 e. The van der Waals surface area contributed by atoms with E-state index in [2.05, 4.69) is 41.3 Å². The molecule has 0 atom stereocenters. The number of methoxy groups -OCH3 is 1. The van der Waals surface area contributed by atoms with Crippen LogP contribution >= 0.6 is 0 Å². The monoisotopic (exact) mass is 239 g/mol. The van der Waals surface area contributed by atoms with Gasteiger partial charge in [0.25, 0.3) is 0 Å². The molecule has 2 aromatic carbocycles. The first-order valence-electron chi connectivity index (χ1n) is 6.33. The lowest BCUT2D eigenvalue weighted by Crippen LogP contribution is -2.30. The smallest absolute Gasteiger partial charge is 0.142 e. The molecule has 1 aliphatic heterocycles. The van der Waals surface area contributed by atoms with Gasteiger partial charge in [0.05, 0.1) is 12.8 Å². The van der Waals surface area contributed by atoms with Gasteiger partial charge in [-0.1, -0.05) is 36.4 Å². The second kappa shape index (κ2) is 4.73. The fourth-order valence-electron chi connectivity index (χ4n) is 2.59. The van der Waals surface area contributed by atoms with Crippen LogP contribution in [0.2, 0.25) is 0 Å². The zero-order chi connectivity index (χ0) is 12.4. The van der Waals surface area contributed by atoms with Crippen LogP contribution in [-0.2, 0) is 13.0 Å². The summed E-state index contributed by atoms with van der Waals surface area (Å²) < 4.78 is 5.44. The number of ether oxygens (including phenoxy) is 1. The first-order chi connectivity index (χ1) is 8.88. The number of fused-ring (bicyclic) bond motifs is 1. The predicted octanol–water partition coefficient (Wildman–Crippen LogP) is 3.26. The Kier molecular flexibility index (Phi) is 2.93. The van der Waals surface area contributed by atoms with Gasteiger partial charge < -0.3 is 9.64 Å². The molecule has 2 nitrogen and oxygen atoms in total. The summed E-state index contributed by atoms with van der Waals surface area (Å²) in [5.74, 6) is 0.955. The van der Waals surface area contributed by atoms with Crippen LogP contribution in [0.1, 0.15) is 11.1 Å². The minimum Gasteiger partial charge on any atom is -0.495 e. The quantitative estimate of drug-likeness (QED) is 0.797. The van der Waals surface area contributed by atoms with Gasteiger partial charge in [0.15, 0.2) is 0 Å². The fraction of sp³-hybridized carbons (Fsp3) is 0.250. The van der Waals surface area contributed by atoms with Crippen molar-refractivity contribution in [1.82, 2.24) is 0 Å². The van der Waals surface area contributed by atoms with Crippen LogP contribution in [0.15, 0.2) is 48.5 Å². The number of benzene rings is 2. The van der Waals surface area contributed by atoms with Gasteiger partial charge in [-0.2, -0.15) is 0 Å². The Morgan fingerprint density at radius 3 is 2.50 bits per heavy atom. The van der Waals surface area contributed by atoms with Crippen molar-refractivity contribution < 1.29 is 4.74 Å². The van der Waals surface area contributed by atoms with Gasteiger partial charge in [-0.3, -0.25) is 0 Å². The molecule has 0 fully saturated rings. The summed E-state index contributed by atoms with van der Waals surface area (Å²) in [4.78, 5) is 2.39. The van der Waals surface area contributed by atoms with Crippen molar-refractivity contribution >= 4 is 5.69 Å². The molecule has 0 N–H and O–H groups in total. The Morgan fingerprint density at radius 1 is 0.944 bits per heavy atom. The molecule has 3 rings (SSSR count). The maximum atomic E-state index is 5.44. The summed E-state index contributed by atoms with van der Waals surface area (Å²) in [5, 5.41) is 0. The van der Waals surface area contributed by atoms with Gasteiger partial charge in [0.2, 0.25) is 0 Å². The highest BCUT2D eigenvalue weighted by atomic mass is 16.5. The third-order valence-corrected chi connectivity index (χ3v) is 3.56. The minimum atomic E-state index is 0.955. The van der Waals surface area contributed by atoms with E-state index in [1.165, 1.54) is 16.8 Å². The lowest BCUT2D eigenvalue weighted by molar-refractivity contribution is 0.414. The van der Waals surface area contributed by atoms with E-state index in [1.54, 1.807) is 7.11 Å². The van der Waals surface area contributed by atoms with E-state index in [0.717, 1.165) is 25.3 Å². The molecule has 0 aliphatic carbocycles. The van der Waals surface area contributed by atoms with Gasteiger partial charge in [-0.25, -0.2) is 0 Å². The Labute approximate surface area is 108 Å². The topological polar surface area (TPSA) is 12.5 Å². The van der Waals surface area contributed by atoms with Crippen LogP contribution in [0, 0.1) is 0 Å². The van der Waals surface area contributed by atoms with Crippen molar-refractivity contribution in [3.63, 3.8) is 0 Å². The molecule has 0 saturated carbocycles. The molecule has 0 bridgehead atoms. The molecule has 0 aromatic heterocycles. The van der Waals surface area contributed by atoms with Crippen molar-refractivity contribution in [2.45, 2.75) is 13.0 Å². The van der Waals surface area contributed by atoms with Crippen LogP contribution in [0.25, 0.3) is 0 Å². The second-order valence-corrected chi connectivity index (χ2v) is 4.61. The highest BCUT2D eigenvalue weighted by Crippen LogP contribution is 2.31. The molecule has 0 unspecified atom stereocenters. The van der Waals surface area contributed by atoms with Crippen molar-refractivity contribution in [2.24, 2.45) is 0 Å². The van der Waals surface area contributed by atoms with Crippen molar-refractivity contribution in [2.75, 3.05) is 18.6 Å². The highest BCUT2D eigenvalue weighted by molar-refractivity contribution is 5.59. The summed E-state index contributed by atoms with van der Waals surface area (Å²) in [6.45, 7) is 2.02. The zero-order valence-corrected chi connectivity index (χ0v) is 10.6. The minimum absolute atomic E-state index is 0.955. The fourth-order valence-corrected chi connectivity index (χ4v) is 2.59. The third-order valence-electron chi connectivity index (χ3n) is 3.56.